The Bertz CT molecular complexity index is 1420. The number of halogens is 1. The molecule has 0 fully saturated rings. The number of hydrogen-bond donors (Lipinski definition) is 1. The van der Waals surface area contributed by atoms with Crippen LogP contribution in [0.4, 0.5) is 5.69 Å². The maximum Gasteiger partial charge on any atom is 0.264 e. The number of nitrogens with zero attached hydrogens (tertiary/aromatic N) is 2. The molecule has 2 amide bonds. The van der Waals surface area contributed by atoms with Crippen molar-refractivity contribution in [2.45, 2.75) is 65.1 Å². The van der Waals surface area contributed by atoms with Crippen LogP contribution < -0.4 is 9.62 Å². The van der Waals surface area contributed by atoms with E-state index >= 15 is 0 Å². The van der Waals surface area contributed by atoms with Crippen LogP contribution in [-0.2, 0) is 26.2 Å². The molecule has 3 aromatic rings. The lowest BCUT2D eigenvalue weighted by Gasteiger charge is -2.32. The monoisotopic (exact) mass is 569 g/mol. The van der Waals surface area contributed by atoms with E-state index < -0.39 is 28.5 Å². The molecule has 0 saturated heterocycles. The summed E-state index contributed by atoms with van der Waals surface area (Å²) in [5.74, 6) is -0.834. The van der Waals surface area contributed by atoms with E-state index in [9.17, 15) is 18.0 Å². The maximum absolute atomic E-state index is 14.0. The summed E-state index contributed by atoms with van der Waals surface area (Å²) in [5.41, 5.74) is 3.77. The second-order valence-corrected chi connectivity index (χ2v) is 12.4. The van der Waals surface area contributed by atoms with Crippen molar-refractivity contribution in [2.75, 3.05) is 10.8 Å². The summed E-state index contributed by atoms with van der Waals surface area (Å²) < 4.78 is 29.0. The van der Waals surface area contributed by atoms with E-state index in [4.69, 9.17) is 11.6 Å². The van der Waals surface area contributed by atoms with Crippen molar-refractivity contribution in [3.8, 4) is 0 Å². The van der Waals surface area contributed by atoms with Gasteiger partial charge in [-0.3, -0.25) is 13.9 Å². The summed E-state index contributed by atoms with van der Waals surface area (Å²) in [5, 5.41) is 3.40. The third-order valence-corrected chi connectivity index (χ3v) is 8.40. The smallest absolute Gasteiger partial charge is 0.264 e. The van der Waals surface area contributed by atoms with E-state index in [2.05, 4.69) is 5.32 Å². The van der Waals surface area contributed by atoms with Crippen molar-refractivity contribution in [1.82, 2.24) is 10.2 Å². The summed E-state index contributed by atoms with van der Waals surface area (Å²) in [6.45, 7) is 10.6. The van der Waals surface area contributed by atoms with E-state index in [1.54, 1.807) is 49.4 Å². The Morgan fingerprint density at radius 1 is 0.872 bits per heavy atom. The van der Waals surface area contributed by atoms with Crippen molar-refractivity contribution in [3.05, 3.63) is 94.0 Å². The van der Waals surface area contributed by atoms with Gasteiger partial charge in [-0.05, 0) is 83.0 Å². The predicted octanol–water partition coefficient (Wildman–Crippen LogP) is 5.40. The molecule has 0 radical (unpaired) electrons. The first-order chi connectivity index (χ1) is 18.3. The summed E-state index contributed by atoms with van der Waals surface area (Å²) >= 11 is 6.04. The molecule has 0 spiro atoms. The summed E-state index contributed by atoms with van der Waals surface area (Å²) in [4.78, 5) is 28.4. The average molecular weight is 570 g/mol. The van der Waals surface area contributed by atoms with Crippen LogP contribution in [0.1, 0.15) is 43.0 Å². The minimum Gasteiger partial charge on any atom is -0.352 e. The lowest BCUT2D eigenvalue weighted by atomic mass is 10.1. The standard InChI is InChI=1S/C30H36ClN3O4S/c1-20(2)32-30(36)24(6)33(18-25-10-12-26(31)13-11-25)29(35)19-34(28-16-9-22(4)17-23(28)5)39(37,38)27-14-7-21(3)8-15-27/h7-17,20,24H,18-19H2,1-6H3,(H,32,36)/t24-/m1/s1. The molecule has 0 aliphatic rings. The maximum atomic E-state index is 14.0. The molecule has 0 saturated carbocycles. The number of hydrogen-bond acceptors (Lipinski definition) is 4. The molecule has 1 atom stereocenters. The molecular formula is C30H36ClN3O4S. The Morgan fingerprint density at radius 2 is 1.46 bits per heavy atom. The average Bonchev–Trinajstić information content (AvgIpc) is 2.86. The zero-order valence-corrected chi connectivity index (χ0v) is 24.8. The number of anilines is 1. The van der Waals surface area contributed by atoms with Crippen LogP contribution in [0, 0.1) is 20.8 Å². The zero-order chi connectivity index (χ0) is 28.9. The van der Waals surface area contributed by atoms with Gasteiger partial charge in [-0.25, -0.2) is 8.42 Å². The third-order valence-electron chi connectivity index (χ3n) is 6.37. The molecule has 9 heteroatoms. The molecule has 0 heterocycles. The van der Waals surface area contributed by atoms with Gasteiger partial charge in [0.05, 0.1) is 10.6 Å². The first-order valence-corrected chi connectivity index (χ1v) is 14.6. The van der Waals surface area contributed by atoms with Gasteiger partial charge in [-0.15, -0.1) is 0 Å². The fourth-order valence-electron chi connectivity index (χ4n) is 4.21. The number of carbonyl (C=O) groups is 2. The molecule has 0 aromatic heterocycles. The van der Waals surface area contributed by atoms with Gasteiger partial charge in [0.25, 0.3) is 10.0 Å². The van der Waals surface area contributed by atoms with Crippen LogP contribution >= 0.6 is 11.6 Å². The first-order valence-electron chi connectivity index (χ1n) is 12.8. The predicted molar refractivity (Wildman–Crippen MR) is 156 cm³/mol. The van der Waals surface area contributed by atoms with Gasteiger partial charge in [0.2, 0.25) is 11.8 Å². The highest BCUT2D eigenvalue weighted by Crippen LogP contribution is 2.28. The largest absolute Gasteiger partial charge is 0.352 e. The zero-order valence-electron chi connectivity index (χ0n) is 23.2. The molecule has 0 bridgehead atoms. The Kier molecular flexibility index (Phi) is 9.80. The van der Waals surface area contributed by atoms with Crippen molar-refractivity contribution in [1.29, 1.82) is 0 Å². The molecule has 3 aromatic carbocycles. The molecule has 0 unspecified atom stereocenters. The highest BCUT2D eigenvalue weighted by molar-refractivity contribution is 7.92. The van der Waals surface area contributed by atoms with Crippen molar-refractivity contribution < 1.29 is 18.0 Å². The Balaban J connectivity index is 2.06. The van der Waals surface area contributed by atoms with Crippen LogP contribution in [0.15, 0.2) is 71.6 Å². The van der Waals surface area contributed by atoms with Gasteiger partial charge in [0.1, 0.15) is 12.6 Å². The Morgan fingerprint density at radius 3 is 2.03 bits per heavy atom. The topological polar surface area (TPSA) is 86.8 Å². The van der Waals surface area contributed by atoms with Gasteiger partial charge in [-0.2, -0.15) is 0 Å². The summed E-state index contributed by atoms with van der Waals surface area (Å²) in [7, 11) is -4.11. The molecular weight excluding hydrogens is 534 g/mol. The van der Waals surface area contributed by atoms with E-state index in [1.807, 2.05) is 46.8 Å². The fraction of sp³-hybridized carbons (Fsp3) is 0.333. The molecule has 208 valence electrons. The van der Waals surface area contributed by atoms with Gasteiger partial charge >= 0.3 is 0 Å². The van der Waals surface area contributed by atoms with Crippen molar-refractivity contribution in [2.24, 2.45) is 0 Å². The number of benzene rings is 3. The van der Waals surface area contributed by atoms with Crippen LogP contribution in [0.25, 0.3) is 0 Å². The summed E-state index contributed by atoms with van der Waals surface area (Å²) in [6.07, 6.45) is 0. The van der Waals surface area contributed by atoms with E-state index in [1.165, 1.54) is 17.0 Å². The molecule has 1 N–H and O–H groups in total. The fourth-order valence-corrected chi connectivity index (χ4v) is 5.81. The minimum atomic E-state index is -4.11. The normalized spacial score (nSPS) is 12.2. The quantitative estimate of drug-likeness (QED) is 0.354. The number of carbonyl (C=O) groups excluding carboxylic acids is 2. The second-order valence-electron chi connectivity index (χ2n) is 10.1. The van der Waals surface area contributed by atoms with Crippen LogP contribution in [-0.4, -0.2) is 43.8 Å². The number of nitrogens with one attached hydrogen (secondary N) is 1. The molecule has 39 heavy (non-hydrogen) atoms. The lowest BCUT2D eigenvalue weighted by molar-refractivity contribution is -0.139. The van der Waals surface area contributed by atoms with Crippen molar-refractivity contribution in [3.63, 3.8) is 0 Å². The molecule has 0 aliphatic carbocycles. The Hall–Kier alpha value is -3.36. The van der Waals surface area contributed by atoms with Crippen LogP contribution in [0.2, 0.25) is 5.02 Å². The second kappa shape index (κ2) is 12.7. The van der Waals surface area contributed by atoms with E-state index in [-0.39, 0.29) is 23.4 Å². The van der Waals surface area contributed by atoms with Gasteiger partial charge in [0.15, 0.2) is 0 Å². The number of aryl methyl sites for hydroxylation is 3. The number of amides is 2. The molecule has 7 nitrogen and oxygen atoms in total. The Labute approximate surface area is 236 Å². The highest BCUT2D eigenvalue weighted by Gasteiger charge is 2.33. The SMILES string of the molecule is Cc1ccc(S(=O)(=O)N(CC(=O)N(Cc2ccc(Cl)cc2)[C@H](C)C(=O)NC(C)C)c2ccc(C)cc2C)cc1. The first kappa shape index (κ1) is 30.2. The highest BCUT2D eigenvalue weighted by atomic mass is 35.5. The van der Waals surface area contributed by atoms with E-state index in [0.29, 0.717) is 16.3 Å². The van der Waals surface area contributed by atoms with Gasteiger partial charge < -0.3 is 10.2 Å². The van der Waals surface area contributed by atoms with Gasteiger partial charge in [-0.1, -0.05) is 59.1 Å². The lowest BCUT2D eigenvalue weighted by Crippen LogP contribution is -2.52. The number of rotatable bonds is 10. The third kappa shape index (κ3) is 7.61. The van der Waals surface area contributed by atoms with Gasteiger partial charge in [0, 0.05) is 17.6 Å². The van der Waals surface area contributed by atoms with E-state index in [0.717, 1.165) is 21.0 Å². The minimum absolute atomic E-state index is 0.0794. The number of sulfonamides is 1. The van der Waals surface area contributed by atoms with Crippen molar-refractivity contribution >= 4 is 39.1 Å². The molecule has 0 aliphatic heterocycles. The van der Waals surface area contributed by atoms with Crippen LogP contribution in [0.5, 0.6) is 0 Å². The van der Waals surface area contributed by atoms with Crippen LogP contribution in [0.3, 0.4) is 0 Å². The summed E-state index contributed by atoms with van der Waals surface area (Å²) in [6, 6.07) is 17.9. The molecule has 3 rings (SSSR count).